The first-order valence-corrected chi connectivity index (χ1v) is 10.6. The van der Waals surface area contributed by atoms with Crippen molar-refractivity contribution in [1.29, 1.82) is 0 Å². The zero-order valence-corrected chi connectivity index (χ0v) is 17.7. The number of carbonyl (C=O) groups excluding carboxylic acids is 2. The molecule has 1 aromatic heterocycles. The van der Waals surface area contributed by atoms with Gasteiger partial charge in [-0.25, -0.2) is 0 Å². The number of fused-ring (bicyclic) bond motifs is 3. The number of rotatable bonds is 5. The molecule has 0 aliphatic rings. The van der Waals surface area contributed by atoms with E-state index in [1.807, 2.05) is 48.5 Å². The van der Waals surface area contributed by atoms with Crippen LogP contribution in [0.2, 0.25) is 0 Å². The van der Waals surface area contributed by atoms with Gasteiger partial charge >= 0.3 is 5.97 Å². The van der Waals surface area contributed by atoms with Crippen molar-refractivity contribution in [2.45, 2.75) is 6.54 Å². The zero-order chi connectivity index (χ0) is 22.8. The van der Waals surface area contributed by atoms with Crippen LogP contribution in [0.25, 0.3) is 32.6 Å². The van der Waals surface area contributed by atoms with E-state index in [2.05, 4.69) is 5.32 Å². The summed E-state index contributed by atoms with van der Waals surface area (Å²) >= 11 is 0. The molecule has 162 valence electrons. The van der Waals surface area contributed by atoms with Crippen LogP contribution in [0.1, 0.15) is 0 Å². The van der Waals surface area contributed by atoms with Crippen LogP contribution in [-0.4, -0.2) is 23.1 Å². The van der Waals surface area contributed by atoms with Gasteiger partial charge in [-0.15, -0.1) is 0 Å². The third kappa shape index (κ3) is 3.94. The van der Waals surface area contributed by atoms with E-state index in [4.69, 9.17) is 4.74 Å². The average molecular weight is 436 g/mol. The van der Waals surface area contributed by atoms with Gasteiger partial charge in [0.25, 0.3) is 5.91 Å². The minimum absolute atomic E-state index is 0.0831. The number of esters is 1. The Morgan fingerprint density at radius 3 is 2.00 bits per heavy atom. The SMILES string of the molecule is O=C(COC(=O)Cn1c2ccccc2c(=O)c2ccccc21)Nc1cccc2ccccc12. The number of nitrogens with one attached hydrogen (secondary N) is 1. The summed E-state index contributed by atoms with van der Waals surface area (Å²) in [5, 5.41) is 5.77. The molecule has 1 heterocycles. The van der Waals surface area contributed by atoms with Crippen LogP contribution in [0.3, 0.4) is 0 Å². The second-order valence-corrected chi connectivity index (χ2v) is 7.69. The molecule has 0 fully saturated rings. The van der Waals surface area contributed by atoms with Crippen molar-refractivity contribution in [3.05, 3.63) is 101 Å². The second kappa shape index (κ2) is 8.59. The Kier molecular flexibility index (Phi) is 5.32. The van der Waals surface area contributed by atoms with Crippen LogP contribution in [0.15, 0.2) is 95.8 Å². The maximum atomic E-state index is 12.8. The lowest BCUT2D eigenvalue weighted by atomic mass is 10.1. The van der Waals surface area contributed by atoms with Crippen LogP contribution in [0.4, 0.5) is 5.69 Å². The quantitative estimate of drug-likeness (QED) is 0.325. The summed E-state index contributed by atoms with van der Waals surface area (Å²) in [4.78, 5) is 37.9. The smallest absolute Gasteiger partial charge is 0.326 e. The van der Waals surface area contributed by atoms with Gasteiger partial charge in [0, 0.05) is 21.8 Å². The lowest BCUT2D eigenvalue weighted by Crippen LogP contribution is -2.24. The fourth-order valence-corrected chi connectivity index (χ4v) is 4.09. The molecule has 0 bridgehead atoms. The summed E-state index contributed by atoms with van der Waals surface area (Å²) < 4.78 is 7.02. The molecule has 6 heteroatoms. The Morgan fingerprint density at radius 1 is 0.727 bits per heavy atom. The number of hydrogen-bond acceptors (Lipinski definition) is 4. The molecule has 1 amide bonds. The highest BCUT2D eigenvalue weighted by Crippen LogP contribution is 2.23. The van der Waals surface area contributed by atoms with Crippen LogP contribution >= 0.6 is 0 Å². The largest absolute Gasteiger partial charge is 0.454 e. The minimum Gasteiger partial charge on any atom is -0.454 e. The third-order valence-corrected chi connectivity index (χ3v) is 5.59. The van der Waals surface area contributed by atoms with Crippen LogP contribution < -0.4 is 10.7 Å². The molecule has 0 aliphatic carbocycles. The monoisotopic (exact) mass is 436 g/mol. The molecule has 4 aromatic carbocycles. The van der Waals surface area contributed by atoms with Gasteiger partial charge in [-0.05, 0) is 35.7 Å². The summed E-state index contributed by atoms with van der Waals surface area (Å²) in [6.07, 6.45) is 0. The topological polar surface area (TPSA) is 77.4 Å². The summed E-state index contributed by atoms with van der Waals surface area (Å²) in [5.74, 6) is -0.989. The Bertz CT molecular complexity index is 1520. The number of anilines is 1. The van der Waals surface area contributed by atoms with Gasteiger partial charge in [0.05, 0.1) is 11.0 Å². The highest BCUT2D eigenvalue weighted by molar-refractivity contribution is 6.03. The number of amides is 1. The minimum atomic E-state index is -0.568. The summed E-state index contributed by atoms with van der Waals surface area (Å²) in [5.41, 5.74) is 1.85. The van der Waals surface area contributed by atoms with Gasteiger partial charge < -0.3 is 14.6 Å². The first kappa shape index (κ1) is 20.5. The molecule has 1 N–H and O–H groups in total. The van der Waals surface area contributed by atoms with E-state index < -0.39 is 18.5 Å². The highest BCUT2D eigenvalue weighted by Gasteiger charge is 2.15. The van der Waals surface area contributed by atoms with E-state index in [0.717, 1.165) is 10.8 Å². The zero-order valence-electron chi connectivity index (χ0n) is 17.7. The lowest BCUT2D eigenvalue weighted by molar-refractivity contribution is -0.147. The predicted octanol–water partition coefficient (Wildman–Crippen LogP) is 4.49. The number of hydrogen-bond donors (Lipinski definition) is 1. The highest BCUT2D eigenvalue weighted by atomic mass is 16.5. The molecule has 0 saturated carbocycles. The van der Waals surface area contributed by atoms with E-state index in [1.54, 1.807) is 47.0 Å². The Hall–Kier alpha value is -4.45. The molecule has 5 rings (SSSR count). The van der Waals surface area contributed by atoms with Gasteiger partial charge in [0.15, 0.2) is 12.0 Å². The van der Waals surface area contributed by atoms with Crippen molar-refractivity contribution >= 4 is 50.1 Å². The molecule has 0 spiro atoms. The summed E-state index contributed by atoms with van der Waals surface area (Å²) in [6.45, 7) is -0.527. The first-order chi connectivity index (χ1) is 16.1. The maximum Gasteiger partial charge on any atom is 0.326 e. The number of carbonyl (C=O) groups is 2. The van der Waals surface area contributed by atoms with Gasteiger partial charge in [-0.1, -0.05) is 60.7 Å². The molecule has 33 heavy (non-hydrogen) atoms. The van der Waals surface area contributed by atoms with Gasteiger partial charge in [0.2, 0.25) is 0 Å². The van der Waals surface area contributed by atoms with Crippen LogP contribution in [0.5, 0.6) is 0 Å². The molecule has 0 radical (unpaired) electrons. The first-order valence-electron chi connectivity index (χ1n) is 10.6. The standard InChI is InChI=1S/C27H20N2O4/c30-25(28-22-13-7-9-18-8-1-2-10-19(18)22)17-33-26(31)16-29-23-14-5-3-11-20(23)27(32)21-12-4-6-15-24(21)29/h1-15H,16-17H2,(H,28,30). The third-order valence-electron chi connectivity index (χ3n) is 5.59. The normalized spacial score (nSPS) is 11.0. The lowest BCUT2D eigenvalue weighted by Gasteiger charge is -2.15. The molecule has 0 aliphatic heterocycles. The number of para-hydroxylation sites is 2. The number of aromatic nitrogens is 1. The van der Waals surface area contributed by atoms with E-state index in [-0.39, 0.29) is 12.0 Å². The average Bonchev–Trinajstić information content (AvgIpc) is 2.85. The fraction of sp³-hybridized carbons (Fsp3) is 0.0741. The molecule has 0 unspecified atom stereocenters. The van der Waals surface area contributed by atoms with Crippen molar-refractivity contribution in [2.75, 3.05) is 11.9 Å². The number of nitrogens with zero attached hydrogens (tertiary/aromatic N) is 1. The van der Waals surface area contributed by atoms with Crippen molar-refractivity contribution < 1.29 is 14.3 Å². The maximum absolute atomic E-state index is 12.8. The van der Waals surface area contributed by atoms with Gasteiger partial charge in [-0.2, -0.15) is 0 Å². The van der Waals surface area contributed by atoms with Gasteiger partial charge in [-0.3, -0.25) is 14.4 Å². The van der Waals surface area contributed by atoms with E-state index in [9.17, 15) is 14.4 Å². The Morgan fingerprint density at radius 2 is 1.30 bits per heavy atom. The van der Waals surface area contributed by atoms with E-state index in [0.29, 0.717) is 27.5 Å². The molecule has 5 aromatic rings. The molecule has 6 nitrogen and oxygen atoms in total. The van der Waals surface area contributed by atoms with Crippen molar-refractivity contribution in [3.63, 3.8) is 0 Å². The molecule has 0 atom stereocenters. The van der Waals surface area contributed by atoms with Crippen LogP contribution in [0, 0.1) is 0 Å². The van der Waals surface area contributed by atoms with E-state index >= 15 is 0 Å². The number of ether oxygens (including phenoxy) is 1. The fourth-order valence-electron chi connectivity index (χ4n) is 4.09. The molecule has 0 saturated heterocycles. The predicted molar refractivity (Wildman–Crippen MR) is 129 cm³/mol. The van der Waals surface area contributed by atoms with E-state index in [1.165, 1.54) is 0 Å². The molecular weight excluding hydrogens is 416 g/mol. The Labute approximate surface area is 189 Å². The summed E-state index contributed by atoms with van der Waals surface area (Å²) in [6, 6.07) is 27.6. The Balaban J connectivity index is 1.35. The van der Waals surface area contributed by atoms with Crippen molar-refractivity contribution in [2.24, 2.45) is 0 Å². The second-order valence-electron chi connectivity index (χ2n) is 7.69. The van der Waals surface area contributed by atoms with Gasteiger partial charge in [0.1, 0.15) is 6.54 Å². The summed E-state index contributed by atoms with van der Waals surface area (Å²) in [7, 11) is 0. The number of benzene rings is 4. The molecular formula is C27H20N2O4. The van der Waals surface area contributed by atoms with Crippen molar-refractivity contribution in [3.8, 4) is 0 Å². The van der Waals surface area contributed by atoms with Crippen molar-refractivity contribution in [1.82, 2.24) is 4.57 Å². The number of pyridine rings is 1. The van der Waals surface area contributed by atoms with Crippen LogP contribution in [-0.2, 0) is 20.9 Å².